The number of hydrogen-bond acceptors (Lipinski definition) is 3. The van der Waals surface area contributed by atoms with Crippen LogP contribution in [0.25, 0.3) is 0 Å². The highest BCUT2D eigenvalue weighted by Crippen LogP contribution is 2.28. The molecular formula is C16H23BrCl2N2O2. The van der Waals surface area contributed by atoms with Crippen LogP contribution in [0, 0.1) is 5.92 Å². The fraction of sp³-hybridized carbons (Fsp3) is 0.562. The fourth-order valence-corrected chi connectivity index (χ4v) is 3.37. The van der Waals surface area contributed by atoms with E-state index in [1.165, 1.54) is 6.42 Å². The molecule has 1 saturated heterocycles. The molecule has 4 nitrogen and oxygen atoms in total. The maximum Gasteiger partial charge on any atom is 0.260 e. The Balaban J connectivity index is 0.00000264. The minimum absolute atomic E-state index is 0. The molecule has 7 heteroatoms. The van der Waals surface area contributed by atoms with E-state index in [1.54, 1.807) is 12.1 Å². The van der Waals surface area contributed by atoms with E-state index in [2.05, 4.69) is 21.2 Å². The summed E-state index contributed by atoms with van der Waals surface area (Å²) in [4.78, 5) is 14.1. The molecule has 1 heterocycles. The van der Waals surface area contributed by atoms with E-state index >= 15 is 0 Å². The van der Waals surface area contributed by atoms with Gasteiger partial charge in [0.2, 0.25) is 0 Å². The van der Waals surface area contributed by atoms with Crippen LogP contribution in [0.3, 0.4) is 0 Å². The molecule has 2 rings (SSSR count). The minimum Gasteiger partial charge on any atom is -0.482 e. The predicted molar refractivity (Wildman–Crippen MR) is 99.7 cm³/mol. The molecule has 1 amide bonds. The zero-order chi connectivity index (χ0) is 15.9. The van der Waals surface area contributed by atoms with Gasteiger partial charge in [-0.1, -0.05) is 27.5 Å². The second kappa shape index (κ2) is 10.4. The number of likely N-dealkylation sites (tertiary alicyclic amines) is 1. The molecule has 0 unspecified atom stereocenters. The van der Waals surface area contributed by atoms with Crippen LogP contribution in [0.1, 0.15) is 19.3 Å². The number of hydrogen-bond donors (Lipinski definition) is 1. The average Bonchev–Trinajstić information content (AvgIpc) is 2.52. The molecule has 1 fully saturated rings. The van der Waals surface area contributed by atoms with Gasteiger partial charge in [0, 0.05) is 17.6 Å². The number of rotatable bonds is 6. The second-order valence-electron chi connectivity index (χ2n) is 5.58. The van der Waals surface area contributed by atoms with E-state index in [0.717, 1.165) is 42.9 Å². The number of amides is 1. The van der Waals surface area contributed by atoms with Crippen LogP contribution in [0.2, 0.25) is 5.02 Å². The van der Waals surface area contributed by atoms with Gasteiger partial charge in [0.1, 0.15) is 5.75 Å². The van der Waals surface area contributed by atoms with E-state index in [-0.39, 0.29) is 24.9 Å². The van der Waals surface area contributed by atoms with Crippen molar-refractivity contribution in [2.24, 2.45) is 5.92 Å². The zero-order valence-electron chi connectivity index (χ0n) is 13.2. The van der Waals surface area contributed by atoms with Crippen LogP contribution in [0.5, 0.6) is 5.75 Å². The van der Waals surface area contributed by atoms with Crippen LogP contribution < -0.4 is 10.1 Å². The first-order valence-electron chi connectivity index (χ1n) is 7.60. The van der Waals surface area contributed by atoms with Gasteiger partial charge in [-0.05, 0) is 57.0 Å². The molecule has 0 spiro atoms. The summed E-state index contributed by atoms with van der Waals surface area (Å²) >= 11 is 9.42. The van der Waals surface area contributed by atoms with Crippen molar-refractivity contribution >= 4 is 45.8 Å². The molecule has 0 aliphatic carbocycles. The third kappa shape index (κ3) is 6.49. The summed E-state index contributed by atoms with van der Waals surface area (Å²) in [5, 5.41) is 3.69. The van der Waals surface area contributed by atoms with E-state index in [9.17, 15) is 4.79 Å². The highest BCUT2D eigenvalue weighted by molar-refractivity contribution is 9.10. The highest BCUT2D eigenvalue weighted by Gasteiger charge is 2.22. The van der Waals surface area contributed by atoms with Gasteiger partial charge < -0.3 is 15.0 Å². The number of carbonyl (C=O) groups is 1. The molecule has 1 aliphatic rings. The number of piperidine rings is 1. The first-order chi connectivity index (χ1) is 10.6. The standard InChI is InChI=1S/C16H22BrClN2O2.ClH/c1-19-7-4-12-5-8-20(9-6-12)16(21)11-22-15-3-2-13(17)10-14(15)18;/h2-3,10,12,19H,4-9,11H2,1H3;1H. The van der Waals surface area contributed by atoms with Gasteiger partial charge >= 0.3 is 0 Å². The lowest BCUT2D eigenvalue weighted by Crippen LogP contribution is -2.41. The molecule has 1 aromatic rings. The monoisotopic (exact) mass is 424 g/mol. The first-order valence-corrected chi connectivity index (χ1v) is 8.77. The number of halogens is 3. The van der Waals surface area contributed by atoms with Gasteiger partial charge in [0.25, 0.3) is 5.91 Å². The Labute approximate surface area is 157 Å². The summed E-state index contributed by atoms with van der Waals surface area (Å²) in [6.07, 6.45) is 3.34. The normalized spacial score (nSPS) is 15.2. The van der Waals surface area contributed by atoms with Crippen molar-refractivity contribution in [3.8, 4) is 5.75 Å². The minimum atomic E-state index is 0. The lowest BCUT2D eigenvalue weighted by Gasteiger charge is -2.32. The summed E-state index contributed by atoms with van der Waals surface area (Å²) in [5.74, 6) is 1.30. The molecule has 0 bridgehead atoms. The number of nitrogens with one attached hydrogen (secondary N) is 1. The molecule has 1 aliphatic heterocycles. The third-order valence-electron chi connectivity index (χ3n) is 4.01. The van der Waals surface area contributed by atoms with Crippen molar-refractivity contribution in [3.63, 3.8) is 0 Å². The van der Waals surface area contributed by atoms with E-state index in [1.807, 2.05) is 18.0 Å². The Morgan fingerprint density at radius 1 is 1.43 bits per heavy atom. The smallest absolute Gasteiger partial charge is 0.260 e. The summed E-state index contributed by atoms with van der Waals surface area (Å²) in [5.41, 5.74) is 0. The summed E-state index contributed by atoms with van der Waals surface area (Å²) < 4.78 is 6.43. The molecule has 130 valence electrons. The number of benzene rings is 1. The van der Waals surface area contributed by atoms with E-state index in [0.29, 0.717) is 10.8 Å². The van der Waals surface area contributed by atoms with Gasteiger partial charge in [-0.2, -0.15) is 0 Å². The van der Waals surface area contributed by atoms with Gasteiger partial charge in [0.05, 0.1) is 5.02 Å². The molecule has 1 N–H and O–H groups in total. The van der Waals surface area contributed by atoms with Gasteiger partial charge in [-0.3, -0.25) is 4.79 Å². The number of ether oxygens (including phenoxy) is 1. The van der Waals surface area contributed by atoms with Crippen LogP contribution in [-0.4, -0.2) is 44.1 Å². The van der Waals surface area contributed by atoms with Crippen LogP contribution in [0.4, 0.5) is 0 Å². The Kier molecular flexibility index (Phi) is 9.29. The largest absolute Gasteiger partial charge is 0.482 e. The Hall–Kier alpha value is -0.490. The topological polar surface area (TPSA) is 41.6 Å². The van der Waals surface area contributed by atoms with Gasteiger partial charge in [-0.25, -0.2) is 0 Å². The predicted octanol–water partition coefficient (Wildman–Crippen LogP) is 3.75. The summed E-state index contributed by atoms with van der Waals surface area (Å²) in [6.45, 7) is 2.74. The highest BCUT2D eigenvalue weighted by atomic mass is 79.9. The van der Waals surface area contributed by atoms with Crippen molar-refractivity contribution < 1.29 is 9.53 Å². The number of nitrogens with zero attached hydrogens (tertiary/aromatic N) is 1. The molecule has 0 radical (unpaired) electrons. The third-order valence-corrected chi connectivity index (χ3v) is 4.80. The molecule has 23 heavy (non-hydrogen) atoms. The van der Waals surface area contributed by atoms with Gasteiger partial charge in [0.15, 0.2) is 6.61 Å². The average molecular weight is 426 g/mol. The van der Waals surface area contributed by atoms with Crippen LogP contribution in [-0.2, 0) is 4.79 Å². The van der Waals surface area contributed by atoms with Gasteiger partial charge in [-0.15, -0.1) is 12.4 Å². The summed E-state index contributed by atoms with van der Waals surface area (Å²) in [7, 11) is 1.98. The van der Waals surface area contributed by atoms with Crippen molar-refractivity contribution in [1.82, 2.24) is 10.2 Å². The zero-order valence-corrected chi connectivity index (χ0v) is 16.3. The maximum atomic E-state index is 12.2. The molecular weight excluding hydrogens is 403 g/mol. The fourth-order valence-electron chi connectivity index (χ4n) is 2.64. The van der Waals surface area contributed by atoms with Crippen LogP contribution in [0.15, 0.2) is 22.7 Å². The van der Waals surface area contributed by atoms with Crippen molar-refractivity contribution in [2.75, 3.05) is 33.3 Å². The maximum absolute atomic E-state index is 12.2. The Morgan fingerprint density at radius 3 is 2.74 bits per heavy atom. The van der Waals surface area contributed by atoms with Crippen molar-refractivity contribution in [3.05, 3.63) is 27.7 Å². The van der Waals surface area contributed by atoms with Crippen LogP contribution >= 0.6 is 39.9 Å². The van der Waals surface area contributed by atoms with Crippen molar-refractivity contribution in [1.29, 1.82) is 0 Å². The summed E-state index contributed by atoms with van der Waals surface area (Å²) in [6, 6.07) is 5.37. The molecule has 0 saturated carbocycles. The molecule has 0 atom stereocenters. The molecule has 0 aromatic heterocycles. The Bertz CT molecular complexity index is 509. The second-order valence-corrected chi connectivity index (χ2v) is 6.90. The first kappa shape index (κ1) is 20.6. The quantitative estimate of drug-likeness (QED) is 0.754. The SMILES string of the molecule is CNCCC1CCN(C(=O)COc2ccc(Br)cc2Cl)CC1.Cl. The van der Waals surface area contributed by atoms with Crippen molar-refractivity contribution in [2.45, 2.75) is 19.3 Å². The van der Waals surface area contributed by atoms with E-state index in [4.69, 9.17) is 16.3 Å². The lowest BCUT2D eigenvalue weighted by molar-refractivity contribution is -0.134. The Morgan fingerprint density at radius 2 is 2.13 bits per heavy atom. The van der Waals surface area contributed by atoms with E-state index < -0.39 is 0 Å². The lowest BCUT2D eigenvalue weighted by atomic mass is 9.93. The number of carbonyl (C=O) groups excluding carboxylic acids is 1. The molecule has 1 aromatic carbocycles.